The van der Waals surface area contributed by atoms with E-state index in [2.05, 4.69) is 20.8 Å². The summed E-state index contributed by atoms with van der Waals surface area (Å²) in [6.07, 6.45) is 0.976. The van der Waals surface area contributed by atoms with E-state index in [1.165, 1.54) is 0 Å². The Labute approximate surface area is 131 Å². The van der Waals surface area contributed by atoms with Gasteiger partial charge in [-0.05, 0) is 42.5 Å². The van der Waals surface area contributed by atoms with Gasteiger partial charge in [-0.3, -0.25) is 9.59 Å². The Hall–Kier alpha value is -2.22. The lowest BCUT2D eigenvalue weighted by Crippen LogP contribution is -2.23. The Morgan fingerprint density at radius 2 is 1.36 bits per heavy atom. The van der Waals surface area contributed by atoms with Crippen molar-refractivity contribution in [2.75, 3.05) is 0 Å². The van der Waals surface area contributed by atoms with E-state index >= 15 is 0 Å². The predicted octanol–water partition coefficient (Wildman–Crippen LogP) is 4.46. The molecule has 0 fully saturated rings. The van der Waals surface area contributed by atoms with E-state index in [1.807, 2.05) is 37.3 Å². The molecule has 0 atom stereocenters. The Morgan fingerprint density at radius 1 is 0.818 bits per heavy atom. The zero-order chi connectivity index (χ0) is 16.1. The van der Waals surface area contributed by atoms with Crippen LogP contribution in [0.2, 0.25) is 0 Å². The van der Waals surface area contributed by atoms with Crippen LogP contribution in [0, 0.1) is 6.92 Å². The summed E-state index contributed by atoms with van der Waals surface area (Å²) in [5, 5.41) is 0. The number of fused-ring (bicyclic) bond motifs is 2. The SMILES string of the molecule is CCC(C)(C)c1ccc2c(c1)C(=O)c1ccc(C)cc1C2=O. The van der Waals surface area contributed by atoms with Crippen molar-refractivity contribution in [3.8, 4) is 0 Å². The fourth-order valence-corrected chi connectivity index (χ4v) is 2.89. The molecule has 0 spiro atoms. The molecule has 22 heavy (non-hydrogen) atoms. The summed E-state index contributed by atoms with van der Waals surface area (Å²) >= 11 is 0. The van der Waals surface area contributed by atoms with Crippen LogP contribution in [0.1, 0.15) is 70.2 Å². The maximum Gasteiger partial charge on any atom is 0.194 e. The highest BCUT2D eigenvalue weighted by Crippen LogP contribution is 2.33. The van der Waals surface area contributed by atoms with Gasteiger partial charge in [0.1, 0.15) is 0 Å². The first-order valence-electron chi connectivity index (χ1n) is 7.69. The predicted molar refractivity (Wildman–Crippen MR) is 87.8 cm³/mol. The van der Waals surface area contributed by atoms with Gasteiger partial charge < -0.3 is 0 Å². The van der Waals surface area contributed by atoms with Crippen LogP contribution in [-0.2, 0) is 5.41 Å². The molecule has 112 valence electrons. The first-order valence-corrected chi connectivity index (χ1v) is 7.69. The topological polar surface area (TPSA) is 34.1 Å². The second-order valence-electron chi connectivity index (χ2n) is 6.71. The van der Waals surface area contributed by atoms with Gasteiger partial charge in [0.25, 0.3) is 0 Å². The van der Waals surface area contributed by atoms with Crippen LogP contribution in [-0.4, -0.2) is 11.6 Å². The van der Waals surface area contributed by atoms with Gasteiger partial charge in [0, 0.05) is 22.3 Å². The number of aryl methyl sites for hydroxylation is 1. The van der Waals surface area contributed by atoms with Crippen LogP contribution in [0.3, 0.4) is 0 Å². The largest absolute Gasteiger partial charge is 0.289 e. The molecule has 0 heterocycles. The number of benzene rings is 2. The molecule has 1 aliphatic carbocycles. The Bertz CT molecular complexity index is 797. The minimum absolute atomic E-state index is 0.00803. The van der Waals surface area contributed by atoms with Crippen LogP contribution in [0.25, 0.3) is 0 Å². The molecule has 3 rings (SSSR count). The molecule has 0 amide bonds. The second kappa shape index (κ2) is 4.91. The van der Waals surface area contributed by atoms with Crippen molar-refractivity contribution in [3.63, 3.8) is 0 Å². The first-order chi connectivity index (χ1) is 10.3. The minimum Gasteiger partial charge on any atom is -0.289 e. The van der Waals surface area contributed by atoms with E-state index in [1.54, 1.807) is 6.07 Å². The molecule has 0 N–H and O–H groups in total. The third kappa shape index (κ3) is 2.10. The molecular weight excluding hydrogens is 272 g/mol. The molecular formula is C20H20O2. The second-order valence-corrected chi connectivity index (χ2v) is 6.71. The van der Waals surface area contributed by atoms with Gasteiger partial charge in [0.2, 0.25) is 0 Å². The monoisotopic (exact) mass is 292 g/mol. The molecule has 0 aliphatic heterocycles. The van der Waals surface area contributed by atoms with Crippen molar-refractivity contribution in [1.29, 1.82) is 0 Å². The Kier molecular flexibility index (Phi) is 3.28. The maximum absolute atomic E-state index is 12.8. The zero-order valence-electron chi connectivity index (χ0n) is 13.5. The maximum atomic E-state index is 12.8. The van der Waals surface area contributed by atoms with Crippen molar-refractivity contribution in [3.05, 3.63) is 69.8 Å². The van der Waals surface area contributed by atoms with E-state index in [9.17, 15) is 9.59 Å². The fourth-order valence-electron chi connectivity index (χ4n) is 2.89. The molecule has 0 radical (unpaired) electrons. The van der Waals surface area contributed by atoms with E-state index in [4.69, 9.17) is 0 Å². The van der Waals surface area contributed by atoms with Gasteiger partial charge in [-0.25, -0.2) is 0 Å². The summed E-state index contributed by atoms with van der Waals surface area (Å²) in [5.41, 5.74) is 4.21. The molecule has 0 saturated heterocycles. The van der Waals surface area contributed by atoms with Crippen molar-refractivity contribution in [1.82, 2.24) is 0 Å². The minimum atomic E-state index is -0.0471. The molecule has 2 heteroatoms. The van der Waals surface area contributed by atoms with Crippen molar-refractivity contribution in [2.24, 2.45) is 0 Å². The summed E-state index contributed by atoms with van der Waals surface area (Å²) in [4.78, 5) is 25.5. The third-order valence-corrected chi connectivity index (χ3v) is 4.84. The number of carbonyl (C=O) groups excluding carboxylic acids is 2. The lowest BCUT2D eigenvalue weighted by molar-refractivity contribution is 0.0979. The van der Waals surface area contributed by atoms with Crippen LogP contribution < -0.4 is 0 Å². The Balaban J connectivity index is 2.20. The van der Waals surface area contributed by atoms with Crippen LogP contribution >= 0.6 is 0 Å². The van der Waals surface area contributed by atoms with Crippen molar-refractivity contribution in [2.45, 2.75) is 39.5 Å². The molecule has 0 unspecified atom stereocenters. The number of ketones is 2. The summed E-state index contributed by atoms with van der Waals surface area (Å²) in [7, 11) is 0. The van der Waals surface area contributed by atoms with Gasteiger partial charge in [0.15, 0.2) is 11.6 Å². The van der Waals surface area contributed by atoms with Crippen LogP contribution in [0.4, 0.5) is 0 Å². The molecule has 0 saturated carbocycles. The quantitative estimate of drug-likeness (QED) is 0.699. The molecule has 2 aromatic rings. The average Bonchev–Trinajstić information content (AvgIpc) is 2.52. The summed E-state index contributed by atoms with van der Waals surface area (Å²) < 4.78 is 0. The first kappa shape index (κ1) is 14.7. The van der Waals surface area contributed by atoms with Gasteiger partial charge in [-0.2, -0.15) is 0 Å². The molecule has 0 bridgehead atoms. The standard InChI is InChI=1S/C20H20O2/c1-5-20(3,4)13-7-9-15-17(11-13)19(22)14-8-6-12(2)10-16(14)18(15)21/h6-11H,5H2,1-4H3. The summed E-state index contributed by atoms with van der Waals surface area (Å²) in [5.74, 6) is -0.0903. The molecule has 2 nitrogen and oxygen atoms in total. The van der Waals surface area contributed by atoms with E-state index in [-0.39, 0.29) is 17.0 Å². The fraction of sp³-hybridized carbons (Fsp3) is 0.300. The zero-order valence-corrected chi connectivity index (χ0v) is 13.5. The smallest absolute Gasteiger partial charge is 0.194 e. The average molecular weight is 292 g/mol. The normalized spacial score (nSPS) is 13.8. The molecule has 0 aromatic heterocycles. The summed E-state index contributed by atoms with van der Waals surface area (Å²) in [6.45, 7) is 8.37. The van der Waals surface area contributed by atoms with Crippen molar-refractivity contribution >= 4 is 11.6 Å². The number of carbonyl (C=O) groups is 2. The van der Waals surface area contributed by atoms with Gasteiger partial charge in [-0.1, -0.05) is 44.5 Å². The lowest BCUT2D eigenvalue weighted by atomic mass is 9.77. The van der Waals surface area contributed by atoms with Gasteiger partial charge in [0.05, 0.1) is 0 Å². The van der Waals surface area contributed by atoms with E-state index in [0.717, 1.165) is 17.5 Å². The molecule has 1 aliphatic rings. The van der Waals surface area contributed by atoms with E-state index in [0.29, 0.717) is 22.3 Å². The highest BCUT2D eigenvalue weighted by atomic mass is 16.1. The van der Waals surface area contributed by atoms with Crippen molar-refractivity contribution < 1.29 is 9.59 Å². The van der Waals surface area contributed by atoms with Crippen LogP contribution in [0.5, 0.6) is 0 Å². The summed E-state index contributed by atoms with van der Waals surface area (Å²) in [6, 6.07) is 11.2. The highest BCUT2D eigenvalue weighted by molar-refractivity contribution is 6.28. The Morgan fingerprint density at radius 3 is 1.95 bits per heavy atom. The third-order valence-electron chi connectivity index (χ3n) is 4.84. The highest BCUT2D eigenvalue weighted by Gasteiger charge is 2.31. The number of hydrogen-bond acceptors (Lipinski definition) is 2. The van der Waals surface area contributed by atoms with Gasteiger partial charge >= 0.3 is 0 Å². The lowest BCUT2D eigenvalue weighted by Gasteiger charge is -2.26. The molecule has 2 aromatic carbocycles. The number of hydrogen-bond donors (Lipinski definition) is 0. The van der Waals surface area contributed by atoms with E-state index < -0.39 is 0 Å². The van der Waals surface area contributed by atoms with Gasteiger partial charge in [-0.15, -0.1) is 0 Å². The number of rotatable bonds is 2. The van der Waals surface area contributed by atoms with Crippen LogP contribution in [0.15, 0.2) is 36.4 Å².